The number of hydrogen-bond acceptors (Lipinski definition) is 2. The Hall–Kier alpha value is -3.54. The van der Waals surface area contributed by atoms with Crippen molar-refractivity contribution in [1.29, 1.82) is 0 Å². The van der Waals surface area contributed by atoms with Crippen molar-refractivity contribution in [3.05, 3.63) is 93.8 Å². The van der Waals surface area contributed by atoms with Crippen molar-refractivity contribution < 1.29 is 4.79 Å². The van der Waals surface area contributed by atoms with E-state index in [9.17, 15) is 9.59 Å². The zero-order chi connectivity index (χ0) is 19.5. The quantitative estimate of drug-likeness (QED) is 0.485. The molecule has 6 heteroatoms. The van der Waals surface area contributed by atoms with E-state index in [1.165, 1.54) is 21.7 Å². The molecule has 28 heavy (non-hydrogen) atoms. The Bertz CT molecular complexity index is 1170. The second-order valence-corrected chi connectivity index (χ2v) is 6.83. The fourth-order valence-corrected chi connectivity index (χ4v) is 3.55. The minimum Gasteiger partial charge on any atom is -0.358 e. The van der Waals surface area contributed by atoms with E-state index in [4.69, 9.17) is 0 Å². The first-order valence-electron chi connectivity index (χ1n) is 9.30. The number of nitrogens with one attached hydrogen (secondary N) is 3. The second-order valence-electron chi connectivity index (χ2n) is 6.83. The summed E-state index contributed by atoms with van der Waals surface area (Å²) in [6.07, 6.45) is 2.19. The van der Waals surface area contributed by atoms with Crippen LogP contribution in [0.3, 0.4) is 0 Å². The van der Waals surface area contributed by atoms with Crippen molar-refractivity contribution in [1.82, 2.24) is 19.9 Å². The highest BCUT2D eigenvalue weighted by molar-refractivity contribution is 5.92. The molecule has 2 aromatic carbocycles. The lowest BCUT2D eigenvalue weighted by atomic mass is 10.1. The molecule has 0 unspecified atom stereocenters. The largest absolute Gasteiger partial charge is 0.358 e. The van der Waals surface area contributed by atoms with Gasteiger partial charge in [-0.15, -0.1) is 0 Å². The van der Waals surface area contributed by atoms with Gasteiger partial charge in [-0.1, -0.05) is 48.5 Å². The summed E-state index contributed by atoms with van der Waals surface area (Å²) in [7, 11) is 0. The number of carbonyl (C=O) groups excluding carboxylic acids is 1. The Balaban J connectivity index is 1.46. The molecular formula is C22H22N4O2. The molecule has 1 amide bonds. The fraction of sp³-hybridized carbons (Fsp3) is 0.182. The third kappa shape index (κ3) is 3.49. The monoisotopic (exact) mass is 374 g/mol. The van der Waals surface area contributed by atoms with E-state index in [-0.39, 0.29) is 11.6 Å². The Morgan fingerprint density at radius 3 is 2.64 bits per heavy atom. The Morgan fingerprint density at radius 1 is 1.07 bits per heavy atom. The molecule has 0 spiro atoms. The summed E-state index contributed by atoms with van der Waals surface area (Å²) in [6, 6.07) is 17.8. The maximum atomic E-state index is 12.6. The molecule has 2 aromatic heterocycles. The number of rotatable bonds is 6. The molecule has 6 nitrogen and oxygen atoms in total. The maximum absolute atomic E-state index is 12.6. The normalized spacial score (nSPS) is 11.0. The Labute approximate surface area is 162 Å². The molecule has 0 bridgehead atoms. The lowest BCUT2D eigenvalue weighted by Gasteiger charge is -2.09. The molecular weight excluding hydrogens is 352 g/mol. The summed E-state index contributed by atoms with van der Waals surface area (Å²) in [5, 5.41) is 4.11. The van der Waals surface area contributed by atoms with Crippen LogP contribution in [0.2, 0.25) is 0 Å². The van der Waals surface area contributed by atoms with Gasteiger partial charge in [-0.3, -0.25) is 9.36 Å². The number of carbonyl (C=O) groups is 1. The number of fused-ring (bicyclic) bond motifs is 1. The van der Waals surface area contributed by atoms with E-state index >= 15 is 0 Å². The van der Waals surface area contributed by atoms with Crippen LogP contribution < -0.4 is 11.0 Å². The second kappa shape index (κ2) is 7.60. The van der Waals surface area contributed by atoms with Crippen LogP contribution in [0.4, 0.5) is 0 Å². The van der Waals surface area contributed by atoms with Crippen LogP contribution in [0.5, 0.6) is 0 Å². The van der Waals surface area contributed by atoms with Gasteiger partial charge in [0.15, 0.2) is 0 Å². The number of H-pyrrole nitrogens is 2. The van der Waals surface area contributed by atoms with E-state index in [0.717, 1.165) is 23.2 Å². The number of aryl methyl sites for hydroxylation is 1. The minimum atomic E-state index is -0.290. The third-order valence-electron chi connectivity index (χ3n) is 4.97. The van der Waals surface area contributed by atoms with Crippen LogP contribution in [0, 0.1) is 6.92 Å². The molecule has 0 atom stereocenters. The predicted octanol–water partition coefficient (Wildman–Crippen LogP) is 2.99. The van der Waals surface area contributed by atoms with Crippen LogP contribution in [-0.4, -0.2) is 27.0 Å². The van der Waals surface area contributed by atoms with Gasteiger partial charge in [0, 0.05) is 29.3 Å². The fourth-order valence-electron chi connectivity index (χ4n) is 3.55. The molecule has 0 radical (unpaired) electrons. The van der Waals surface area contributed by atoms with Gasteiger partial charge in [-0.25, -0.2) is 4.79 Å². The highest BCUT2D eigenvalue weighted by Gasteiger charge is 2.15. The standard InChI is InChI=1S/C22H22N4O2/c1-15-17(18-9-5-6-10-19(18)25-15)11-12-23-21(27)20-13-24-22(28)26(20)14-16-7-3-2-4-8-16/h2-10,13,25H,11-12,14H2,1H3,(H,23,27)(H,24,28). The summed E-state index contributed by atoms with van der Waals surface area (Å²) in [4.78, 5) is 30.8. The van der Waals surface area contributed by atoms with Gasteiger partial charge in [-0.2, -0.15) is 0 Å². The van der Waals surface area contributed by atoms with E-state index in [2.05, 4.69) is 21.4 Å². The smallest absolute Gasteiger partial charge is 0.326 e. The molecule has 0 aliphatic rings. The summed E-state index contributed by atoms with van der Waals surface area (Å²) in [5.41, 5.74) is 4.42. The van der Waals surface area contributed by atoms with E-state index < -0.39 is 0 Å². The molecule has 2 heterocycles. The van der Waals surface area contributed by atoms with Crippen molar-refractivity contribution in [2.75, 3.05) is 6.54 Å². The van der Waals surface area contributed by atoms with Crippen LogP contribution in [0.1, 0.15) is 27.3 Å². The molecule has 0 aliphatic carbocycles. The zero-order valence-corrected chi connectivity index (χ0v) is 15.7. The number of hydrogen-bond donors (Lipinski definition) is 3. The molecule has 0 saturated heterocycles. The highest BCUT2D eigenvalue weighted by atomic mass is 16.2. The average Bonchev–Trinajstić information content (AvgIpc) is 3.22. The Morgan fingerprint density at radius 2 is 1.82 bits per heavy atom. The minimum absolute atomic E-state index is 0.258. The first-order valence-corrected chi connectivity index (χ1v) is 9.30. The summed E-state index contributed by atoms with van der Waals surface area (Å²) >= 11 is 0. The van der Waals surface area contributed by atoms with E-state index in [1.807, 2.05) is 55.5 Å². The van der Waals surface area contributed by atoms with Gasteiger partial charge < -0.3 is 15.3 Å². The highest BCUT2D eigenvalue weighted by Crippen LogP contribution is 2.21. The van der Waals surface area contributed by atoms with Crippen molar-refractivity contribution in [3.63, 3.8) is 0 Å². The SMILES string of the molecule is Cc1[nH]c2ccccc2c1CCNC(=O)c1c[nH]c(=O)n1Cc1ccccc1. The number of para-hydroxylation sites is 1. The first-order chi connectivity index (χ1) is 13.6. The summed E-state index contributed by atoms with van der Waals surface area (Å²) in [6.45, 7) is 2.89. The number of aromatic amines is 2. The molecule has 0 aliphatic heterocycles. The molecule has 3 N–H and O–H groups in total. The number of imidazole rings is 1. The topological polar surface area (TPSA) is 82.7 Å². The number of aromatic nitrogens is 3. The summed E-state index contributed by atoms with van der Waals surface area (Å²) in [5.74, 6) is -0.258. The number of nitrogens with zero attached hydrogens (tertiary/aromatic N) is 1. The van der Waals surface area contributed by atoms with Gasteiger partial charge in [0.2, 0.25) is 0 Å². The lowest BCUT2D eigenvalue weighted by molar-refractivity contribution is 0.0945. The predicted molar refractivity (Wildman–Crippen MR) is 110 cm³/mol. The number of benzene rings is 2. The van der Waals surface area contributed by atoms with E-state index in [1.54, 1.807) is 0 Å². The first kappa shape index (κ1) is 17.9. The van der Waals surface area contributed by atoms with Crippen molar-refractivity contribution in [2.45, 2.75) is 19.9 Å². The van der Waals surface area contributed by atoms with Crippen LogP contribution in [0.15, 0.2) is 65.6 Å². The average molecular weight is 374 g/mol. The van der Waals surface area contributed by atoms with Gasteiger partial charge in [0.25, 0.3) is 5.91 Å². The maximum Gasteiger partial charge on any atom is 0.326 e. The molecule has 0 saturated carbocycles. The zero-order valence-electron chi connectivity index (χ0n) is 15.7. The van der Waals surface area contributed by atoms with Crippen LogP contribution in [-0.2, 0) is 13.0 Å². The molecule has 142 valence electrons. The summed E-state index contributed by atoms with van der Waals surface area (Å²) < 4.78 is 1.46. The number of amides is 1. The van der Waals surface area contributed by atoms with Gasteiger partial charge in [0.05, 0.1) is 6.54 Å². The van der Waals surface area contributed by atoms with Crippen molar-refractivity contribution >= 4 is 16.8 Å². The Kier molecular flexibility index (Phi) is 4.85. The van der Waals surface area contributed by atoms with Crippen LogP contribution in [0.25, 0.3) is 10.9 Å². The molecule has 4 aromatic rings. The van der Waals surface area contributed by atoms with Crippen molar-refractivity contribution in [2.24, 2.45) is 0 Å². The van der Waals surface area contributed by atoms with E-state index in [0.29, 0.717) is 18.8 Å². The molecule has 4 rings (SSSR count). The van der Waals surface area contributed by atoms with Crippen LogP contribution >= 0.6 is 0 Å². The molecule has 0 fully saturated rings. The lowest BCUT2D eigenvalue weighted by Crippen LogP contribution is -2.30. The van der Waals surface area contributed by atoms with Gasteiger partial charge in [-0.05, 0) is 30.5 Å². The third-order valence-corrected chi connectivity index (χ3v) is 4.97. The van der Waals surface area contributed by atoms with Gasteiger partial charge in [0.1, 0.15) is 5.69 Å². The van der Waals surface area contributed by atoms with Gasteiger partial charge >= 0.3 is 5.69 Å². The van der Waals surface area contributed by atoms with Crippen molar-refractivity contribution in [3.8, 4) is 0 Å².